The van der Waals surface area contributed by atoms with E-state index >= 15 is 0 Å². The summed E-state index contributed by atoms with van der Waals surface area (Å²) in [4.78, 5) is 0. The summed E-state index contributed by atoms with van der Waals surface area (Å²) in [6.07, 6.45) is 1.93. The predicted octanol–water partition coefficient (Wildman–Crippen LogP) is 4.90. The van der Waals surface area contributed by atoms with E-state index in [0.717, 1.165) is 21.9 Å². The number of fused-ring (bicyclic) bond motifs is 1. The van der Waals surface area contributed by atoms with Gasteiger partial charge >= 0.3 is 0 Å². The van der Waals surface area contributed by atoms with Crippen LogP contribution >= 0.6 is 0 Å². The van der Waals surface area contributed by atoms with Gasteiger partial charge in [-0.3, -0.25) is 0 Å². The van der Waals surface area contributed by atoms with Crippen molar-refractivity contribution in [3.05, 3.63) is 83.9 Å². The molecule has 0 saturated carbocycles. The molecule has 3 rings (SSSR count). The third-order valence-electron chi connectivity index (χ3n) is 3.31. The SMILES string of the molecule is N#CC(=Cc1ccccc1)c1cccc2ccccc12. The molecule has 0 amide bonds. The highest BCUT2D eigenvalue weighted by Gasteiger charge is 2.05. The fourth-order valence-corrected chi connectivity index (χ4v) is 2.35. The molecule has 0 heterocycles. The summed E-state index contributed by atoms with van der Waals surface area (Å²) in [5.41, 5.74) is 2.71. The average molecular weight is 255 g/mol. The van der Waals surface area contributed by atoms with E-state index < -0.39 is 0 Å². The third-order valence-corrected chi connectivity index (χ3v) is 3.31. The summed E-state index contributed by atoms with van der Waals surface area (Å²) in [5.74, 6) is 0. The van der Waals surface area contributed by atoms with Gasteiger partial charge in [0, 0.05) is 5.56 Å². The van der Waals surface area contributed by atoms with Crippen LogP contribution < -0.4 is 0 Å². The van der Waals surface area contributed by atoms with Crippen LogP contribution in [0, 0.1) is 11.3 Å². The lowest BCUT2D eigenvalue weighted by Crippen LogP contribution is -1.85. The van der Waals surface area contributed by atoms with Crippen LogP contribution in [0.2, 0.25) is 0 Å². The molecule has 0 aromatic heterocycles. The van der Waals surface area contributed by atoms with E-state index in [2.05, 4.69) is 24.3 Å². The van der Waals surface area contributed by atoms with Crippen LogP contribution in [0.15, 0.2) is 72.8 Å². The quantitative estimate of drug-likeness (QED) is 0.471. The number of hydrogen-bond donors (Lipinski definition) is 0. The minimum Gasteiger partial charge on any atom is -0.192 e. The molecule has 0 fully saturated rings. The molecule has 0 aliphatic heterocycles. The Hall–Kier alpha value is -2.85. The second kappa shape index (κ2) is 5.42. The van der Waals surface area contributed by atoms with Gasteiger partial charge in [0.2, 0.25) is 0 Å². The van der Waals surface area contributed by atoms with Gasteiger partial charge in [0.15, 0.2) is 0 Å². The van der Waals surface area contributed by atoms with Gasteiger partial charge in [0.25, 0.3) is 0 Å². The Kier molecular flexibility index (Phi) is 3.31. The number of allylic oxidation sites excluding steroid dienone is 1. The van der Waals surface area contributed by atoms with Gasteiger partial charge in [-0.2, -0.15) is 5.26 Å². The first kappa shape index (κ1) is 12.2. The Morgan fingerprint density at radius 1 is 0.800 bits per heavy atom. The van der Waals surface area contributed by atoms with Crippen LogP contribution in [0.1, 0.15) is 11.1 Å². The van der Waals surface area contributed by atoms with Crippen LogP contribution in [0.5, 0.6) is 0 Å². The molecule has 1 nitrogen and oxygen atoms in total. The van der Waals surface area contributed by atoms with E-state index in [1.54, 1.807) is 0 Å². The highest BCUT2D eigenvalue weighted by molar-refractivity contribution is 6.01. The summed E-state index contributed by atoms with van der Waals surface area (Å²) >= 11 is 0. The lowest BCUT2D eigenvalue weighted by Gasteiger charge is -2.05. The van der Waals surface area contributed by atoms with Crippen LogP contribution in [-0.4, -0.2) is 0 Å². The van der Waals surface area contributed by atoms with Crippen molar-refractivity contribution < 1.29 is 0 Å². The molecular weight excluding hydrogens is 242 g/mol. The largest absolute Gasteiger partial charge is 0.192 e. The lowest BCUT2D eigenvalue weighted by molar-refractivity contribution is 1.53. The maximum absolute atomic E-state index is 9.48. The number of benzene rings is 3. The van der Waals surface area contributed by atoms with Crippen molar-refractivity contribution in [2.24, 2.45) is 0 Å². The number of hydrogen-bond acceptors (Lipinski definition) is 1. The van der Waals surface area contributed by atoms with Crippen LogP contribution in [0.4, 0.5) is 0 Å². The monoisotopic (exact) mass is 255 g/mol. The van der Waals surface area contributed by atoms with Crippen molar-refractivity contribution >= 4 is 22.4 Å². The first-order valence-electron chi connectivity index (χ1n) is 6.53. The second-order valence-electron chi connectivity index (χ2n) is 4.61. The zero-order valence-corrected chi connectivity index (χ0v) is 11.0. The standard InChI is InChI=1S/C19H13N/c20-14-17(13-15-7-2-1-3-8-15)19-12-6-10-16-9-4-5-11-18(16)19/h1-13H. The summed E-state index contributed by atoms with van der Waals surface area (Å²) in [6, 6.07) is 26.4. The topological polar surface area (TPSA) is 23.8 Å². The molecule has 3 aromatic rings. The highest BCUT2D eigenvalue weighted by atomic mass is 14.3. The second-order valence-corrected chi connectivity index (χ2v) is 4.61. The maximum Gasteiger partial charge on any atom is 0.0998 e. The molecule has 0 atom stereocenters. The fraction of sp³-hybridized carbons (Fsp3) is 0. The van der Waals surface area contributed by atoms with Crippen LogP contribution in [0.25, 0.3) is 22.4 Å². The Balaban J connectivity index is 2.18. The predicted molar refractivity (Wildman–Crippen MR) is 83.9 cm³/mol. The van der Waals surface area contributed by atoms with Gasteiger partial charge in [-0.05, 0) is 22.4 Å². The van der Waals surface area contributed by atoms with Crippen LogP contribution in [-0.2, 0) is 0 Å². The fourth-order valence-electron chi connectivity index (χ4n) is 2.35. The molecular formula is C19H13N. The van der Waals surface area contributed by atoms with E-state index in [1.807, 2.05) is 60.7 Å². The van der Waals surface area contributed by atoms with Crippen molar-refractivity contribution in [2.45, 2.75) is 0 Å². The first-order chi connectivity index (χ1) is 9.88. The van der Waals surface area contributed by atoms with Crippen molar-refractivity contribution in [2.75, 3.05) is 0 Å². The van der Waals surface area contributed by atoms with E-state index in [9.17, 15) is 5.26 Å². The molecule has 0 saturated heterocycles. The molecule has 0 radical (unpaired) electrons. The Morgan fingerprint density at radius 3 is 2.30 bits per heavy atom. The molecule has 0 bridgehead atoms. The van der Waals surface area contributed by atoms with Crippen molar-refractivity contribution in [1.29, 1.82) is 5.26 Å². The molecule has 0 aliphatic carbocycles. The van der Waals surface area contributed by atoms with Gasteiger partial charge < -0.3 is 0 Å². The number of nitriles is 1. The van der Waals surface area contributed by atoms with E-state index in [4.69, 9.17) is 0 Å². The normalized spacial score (nSPS) is 11.2. The molecule has 94 valence electrons. The summed E-state index contributed by atoms with van der Waals surface area (Å²) in [6.45, 7) is 0. The smallest absolute Gasteiger partial charge is 0.0998 e. The molecule has 0 N–H and O–H groups in total. The molecule has 3 aromatic carbocycles. The van der Waals surface area contributed by atoms with Gasteiger partial charge in [-0.15, -0.1) is 0 Å². The van der Waals surface area contributed by atoms with E-state index in [-0.39, 0.29) is 0 Å². The lowest BCUT2D eigenvalue weighted by atomic mass is 9.97. The van der Waals surface area contributed by atoms with Crippen molar-refractivity contribution in [1.82, 2.24) is 0 Å². The van der Waals surface area contributed by atoms with Gasteiger partial charge in [0.1, 0.15) is 0 Å². The van der Waals surface area contributed by atoms with Gasteiger partial charge in [-0.25, -0.2) is 0 Å². The molecule has 1 heteroatoms. The molecule has 20 heavy (non-hydrogen) atoms. The third kappa shape index (κ3) is 2.32. The van der Waals surface area contributed by atoms with Gasteiger partial charge in [0.05, 0.1) is 11.6 Å². The molecule has 0 spiro atoms. The maximum atomic E-state index is 9.48. The van der Waals surface area contributed by atoms with Crippen molar-refractivity contribution in [3.63, 3.8) is 0 Å². The Bertz CT molecular complexity index is 803. The molecule has 0 unspecified atom stereocenters. The first-order valence-corrected chi connectivity index (χ1v) is 6.53. The Morgan fingerprint density at radius 2 is 1.50 bits per heavy atom. The Labute approximate surface area is 118 Å². The number of rotatable bonds is 2. The van der Waals surface area contributed by atoms with Crippen molar-refractivity contribution in [3.8, 4) is 6.07 Å². The van der Waals surface area contributed by atoms with E-state index in [1.165, 1.54) is 0 Å². The van der Waals surface area contributed by atoms with Crippen LogP contribution in [0.3, 0.4) is 0 Å². The average Bonchev–Trinajstić information content (AvgIpc) is 2.53. The summed E-state index contributed by atoms with van der Waals surface area (Å²) < 4.78 is 0. The highest BCUT2D eigenvalue weighted by Crippen LogP contribution is 2.26. The number of nitrogens with zero attached hydrogens (tertiary/aromatic N) is 1. The zero-order chi connectivity index (χ0) is 13.8. The van der Waals surface area contributed by atoms with E-state index in [0.29, 0.717) is 5.57 Å². The summed E-state index contributed by atoms with van der Waals surface area (Å²) in [5, 5.41) is 11.7. The minimum absolute atomic E-state index is 0.688. The minimum atomic E-state index is 0.688. The summed E-state index contributed by atoms with van der Waals surface area (Å²) in [7, 11) is 0. The zero-order valence-electron chi connectivity index (χ0n) is 11.0. The van der Waals surface area contributed by atoms with Gasteiger partial charge in [-0.1, -0.05) is 72.8 Å². The molecule has 0 aliphatic rings.